The zero-order chi connectivity index (χ0) is 19.9. The van der Waals surface area contributed by atoms with Crippen LogP contribution in [0.2, 0.25) is 0 Å². The standard InChI is InChI=1S/C21H36N4O3/c1-3-5-14-28-20-18(9-6-11-23-20)16-25-21(22-4-2)24-12-8-13-26-17-19-10-7-15-27-19/h6,9,11,19H,3-5,7-8,10,12-17H2,1-2H3,(H2,22,24,25). The summed E-state index contributed by atoms with van der Waals surface area (Å²) in [6.07, 6.45) is 7.38. The van der Waals surface area contributed by atoms with Crippen molar-refractivity contribution < 1.29 is 14.2 Å². The van der Waals surface area contributed by atoms with Gasteiger partial charge in [0.15, 0.2) is 5.96 Å². The Morgan fingerprint density at radius 1 is 1.29 bits per heavy atom. The summed E-state index contributed by atoms with van der Waals surface area (Å²) in [4.78, 5) is 9.01. The molecule has 0 aliphatic carbocycles. The lowest BCUT2D eigenvalue weighted by Crippen LogP contribution is -2.38. The first-order valence-corrected chi connectivity index (χ1v) is 10.6. The van der Waals surface area contributed by atoms with Gasteiger partial charge in [0, 0.05) is 38.1 Å². The number of rotatable bonds is 13. The normalized spacial score (nSPS) is 16.9. The molecular formula is C21H36N4O3. The van der Waals surface area contributed by atoms with Crippen molar-refractivity contribution in [1.82, 2.24) is 15.6 Å². The van der Waals surface area contributed by atoms with E-state index in [0.29, 0.717) is 31.7 Å². The van der Waals surface area contributed by atoms with E-state index < -0.39 is 0 Å². The molecule has 1 aliphatic heterocycles. The van der Waals surface area contributed by atoms with Crippen molar-refractivity contribution >= 4 is 5.96 Å². The smallest absolute Gasteiger partial charge is 0.218 e. The minimum Gasteiger partial charge on any atom is -0.477 e. The molecule has 2 rings (SSSR count). The Labute approximate surface area is 169 Å². The number of unbranched alkanes of at least 4 members (excludes halogenated alkanes) is 1. The maximum atomic E-state index is 5.79. The Bertz CT molecular complexity index is 562. The summed E-state index contributed by atoms with van der Waals surface area (Å²) in [5.74, 6) is 1.48. The van der Waals surface area contributed by atoms with E-state index in [2.05, 4.69) is 34.5 Å². The van der Waals surface area contributed by atoms with E-state index in [4.69, 9.17) is 14.2 Å². The molecule has 7 heteroatoms. The molecule has 1 aromatic heterocycles. The van der Waals surface area contributed by atoms with Gasteiger partial charge in [-0.3, -0.25) is 0 Å². The number of nitrogens with one attached hydrogen (secondary N) is 2. The second-order valence-corrected chi connectivity index (χ2v) is 6.86. The van der Waals surface area contributed by atoms with Crippen LogP contribution in [0.1, 0.15) is 51.5 Å². The van der Waals surface area contributed by atoms with Crippen molar-refractivity contribution in [2.45, 2.75) is 58.6 Å². The van der Waals surface area contributed by atoms with Crippen LogP contribution in [0.5, 0.6) is 5.88 Å². The molecule has 7 nitrogen and oxygen atoms in total. The topological polar surface area (TPSA) is 77.0 Å². The lowest BCUT2D eigenvalue weighted by atomic mass is 10.2. The number of nitrogens with zero attached hydrogens (tertiary/aromatic N) is 2. The third-order valence-corrected chi connectivity index (χ3v) is 4.42. The van der Waals surface area contributed by atoms with Crippen molar-refractivity contribution in [2.24, 2.45) is 4.99 Å². The molecule has 0 amide bonds. The SMILES string of the molecule is CCCCOc1ncccc1CN=C(NCC)NCCCOCC1CCCO1. The summed E-state index contributed by atoms with van der Waals surface area (Å²) >= 11 is 0. The van der Waals surface area contributed by atoms with E-state index in [1.165, 1.54) is 0 Å². The zero-order valence-corrected chi connectivity index (χ0v) is 17.4. The van der Waals surface area contributed by atoms with Gasteiger partial charge in [-0.25, -0.2) is 9.98 Å². The number of guanidine groups is 1. The lowest BCUT2D eigenvalue weighted by molar-refractivity contribution is 0.0168. The molecule has 0 saturated carbocycles. The van der Waals surface area contributed by atoms with Crippen LogP contribution in [0.15, 0.2) is 23.3 Å². The van der Waals surface area contributed by atoms with Crippen LogP contribution in [0.4, 0.5) is 0 Å². The van der Waals surface area contributed by atoms with E-state index in [-0.39, 0.29) is 0 Å². The number of hydrogen-bond donors (Lipinski definition) is 2. The maximum absolute atomic E-state index is 5.79. The van der Waals surface area contributed by atoms with Gasteiger partial charge >= 0.3 is 0 Å². The quantitative estimate of drug-likeness (QED) is 0.305. The summed E-state index contributed by atoms with van der Waals surface area (Å²) in [6, 6.07) is 3.93. The molecule has 0 aromatic carbocycles. The third-order valence-electron chi connectivity index (χ3n) is 4.42. The van der Waals surface area contributed by atoms with Gasteiger partial charge in [-0.2, -0.15) is 0 Å². The molecule has 0 bridgehead atoms. The van der Waals surface area contributed by atoms with Crippen molar-refractivity contribution in [2.75, 3.05) is 39.5 Å². The highest BCUT2D eigenvalue weighted by molar-refractivity contribution is 5.79. The van der Waals surface area contributed by atoms with Gasteiger partial charge in [0.05, 0.1) is 25.9 Å². The van der Waals surface area contributed by atoms with Crippen molar-refractivity contribution in [3.05, 3.63) is 23.9 Å². The molecular weight excluding hydrogens is 356 g/mol. The predicted octanol–water partition coefficient (Wildman–Crippen LogP) is 2.90. The number of aromatic nitrogens is 1. The molecule has 1 saturated heterocycles. The van der Waals surface area contributed by atoms with Crippen molar-refractivity contribution in [3.63, 3.8) is 0 Å². The van der Waals surface area contributed by atoms with Crippen LogP contribution in [0.25, 0.3) is 0 Å². The van der Waals surface area contributed by atoms with Gasteiger partial charge in [-0.05, 0) is 38.7 Å². The highest BCUT2D eigenvalue weighted by atomic mass is 16.5. The van der Waals surface area contributed by atoms with Crippen LogP contribution < -0.4 is 15.4 Å². The summed E-state index contributed by atoms with van der Waals surface area (Å²) in [6.45, 7) is 9.36. The number of pyridine rings is 1. The Morgan fingerprint density at radius 2 is 2.21 bits per heavy atom. The largest absolute Gasteiger partial charge is 0.477 e. The minimum absolute atomic E-state index is 0.292. The van der Waals surface area contributed by atoms with E-state index in [1.54, 1.807) is 6.20 Å². The Balaban J connectivity index is 1.72. The van der Waals surface area contributed by atoms with Crippen LogP contribution in [-0.4, -0.2) is 56.6 Å². The summed E-state index contributed by atoms with van der Waals surface area (Å²) in [5, 5.41) is 6.63. The molecule has 2 heterocycles. The first-order valence-electron chi connectivity index (χ1n) is 10.6. The van der Waals surface area contributed by atoms with Crippen LogP contribution in [0, 0.1) is 0 Å². The van der Waals surface area contributed by atoms with E-state index >= 15 is 0 Å². The maximum Gasteiger partial charge on any atom is 0.218 e. The number of aliphatic imine (C=N–C) groups is 1. The van der Waals surface area contributed by atoms with Gasteiger partial charge in [-0.15, -0.1) is 0 Å². The van der Waals surface area contributed by atoms with Crippen molar-refractivity contribution in [3.8, 4) is 5.88 Å². The first kappa shape index (κ1) is 22.4. The lowest BCUT2D eigenvalue weighted by Gasteiger charge is -2.13. The Kier molecular flexibility index (Phi) is 11.4. The summed E-state index contributed by atoms with van der Waals surface area (Å²) in [7, 11) is 0. The molecule has 28 heavy (non-hydrogen) atoms. The summed E-state index contributed by atoms with van der Waals surface area (Å²) < 4.78 is 17.0. The molecule has 2 N–H and O–H groups in total. The number of ether oxygens (including phenoxy) is 3. The molecule has 158 valence electrons. The molecule has 0 radical (unpaired) electrons. The molecule has 0 spiro atoms. The molecule has 1 unspecified atom stereocenters. The number of hydrogen-bond acceptors (Lipinski definition) is 5. The predicted molar refractivity (Wildman–Crippen MR) is 112 cm³/mol. The van der Waals surface area contributed by atoms with E-state index in [9.17, 15) is 0 Å². The first-order chi connectivity index (χ1) is 13.8. The Morgan fingerprint density at radius 3 is 3.00 bits per heavy atom. The van der Waals surface area contributed by atoms with Crippen molar-refractivity contribution in [1.29, 1.82) is 0 Å². The van der Waals surface area contributed by atoms with Crippen LogP contribution in [-0.2, 0) is 16.0 Å². The highest BCUT2D eigenvalue weighted by Gasteiger charge is 2.14. The molecule has 1 fully saturated rings. The second kappa shape index (κ2) is 14.2. The molecule has 1 aliphatic rings. The van der Waals surface area contributed by atoms with E-state index in [0.717, 1.165) is 69.9 Å². The van der Waals surface area contributed by atoms with Gasteiger partial charge in [0.2, 0.25) is 5.88 Å². The second-order valence-electron chi connectivity index (χ2n) is 6.86. The highest BCUT2D eigenvalue weighted by Crippen LogP contribution is 2.16. The average Bonchev–Trinajstić information content (AvgIpc) is 3.23. The van der Waals surface area contributed by atoms with E-state index in [1.807, 2.05) is 12.1 Å². The van der Waals surface area contributed by atoms with Crippen LogP contribution in [0.3, 0.4) is 0 Å². The van der Waals surface area contributed by atoms with Gasteiger partial charge < -0.3 is 24.8 Å². The fourth-order valence-corrected chi connectivity index (χ4v) is 2.87. The Hall–Kier alpha value is -1.86. The fourth-order valence-electron chi connectivity index (χ4n) is 2.87. The minimum atomic E-state index is 0.292. The van der Waals surface area contributed by atoms with Gasteiger partial charge in [-0.1, -0.05) is 19.4 Å². The van der Waals surface area contributed by atoms with Gasteiger partial charge in [0.25, 0.3) is 0 Å². The molecule has 1 atom stereocenters. The fraction of sp³-hybridized carbons (Fsp3) is 0.714. The van der Waals surface area contributed by atoms with Crippen LogP contribution >= 0.6 is 0 Å². The third kappa shape index (κ3) is 8.89. The monoisotopic (exact) mass is 392 g/mol. The van der Waals surface area contributed by atoms with Gasteiger partial charge in [0.1, 0.15) is 0 Å². The average molecular weight is 393 g/mol. The zero-order valence-electron chi connectivity index (χ0n) is 17.4. The molecule has 1 aromatic rings. The summed E-state index contributed by atoms with van der Waals surface area (Å²) in [5.41, 5.74) is 0.996.